The molecule has 0 radical (unpaired) electrons. The first-order valence-electron chi connectivity index (χ1n) is 2.30. The Hall–Kier alpha value is -0.680. The molecule has 5 heteroatoms. The van der Waals surface area contributed by atoms with Crippen LogP contribution in [0.3, 0.4) is 0 Å². The minimum Gasteiger partial charge on any atom is -0.301 e. The predicted molar refractivity (Wildman–Crippen MR) is 32.2 cm³/mol. The van der Waals surface area contributed by atoms with E-state index in [0.29, 0.717) is 5.03 Å². The molecule has 0 fully saturated rings. The SMILES string of the molecule is Cn1nccc1S(=O)O. The van der Waals surface area contributed by atoms with Gasteiger partial charge >= 0.3 is 0 Å². The molecule has 1 heterocycles. The number of rotatable bonds is 1. The van der Waals surface area contributed by atoms with Gasteiger partial charge in [-0.05, 0) is 6.07 Å². The first-order chi connectivity index (χ1) is 4.22. The highest BCUT2D eigenvalue weighted by molar-refractivity contribution is 7.79. The van der Waals surface area contributed by atoms with Crippen molar-refractivity contribution in [1.82, 2.24) is 9.78 Å². The number of aryl methyl sites for hydroxylation is 1. The summed E-state index contributed by atoms with van der Waals surface area (Å²) in [7, 11) is 1.61. The van der Waals surface area contributed by atoms with Gasteiger partial charge in [0.1, 0.15) is 0 Å². The molecule has 0 spiro atoms. The summed E-state index contributed by atoms with van der Waals surface area (Å²) in [5, 5.41) is 4.02. The average Bonchev–Trinajstić information content (AvgIpc) is 2.13. The standard InChI is InChI=1S/C4H6N2O2S/c1-6-4(9(7)8)2-3-5-6/h2-3H,1H3,(H,7,8). The topological polar surface area (TPSA) is 55.1 Å². The van der Waals surface area contributed by atoms with Gasteiger partial charge in [-0.3, -0.25) is 4.68 Å². The Morgan fingerprint density at radius 2 is 2.56 bits per heavy atom. The van der Waals surface area contributed by atoms with Gasteiger partial charge in [-0.2, -0.15) is 5.10 Å². The lowest BCUT2D eigenvalue weighted by molar-refractivity contribution is 0.547. The van der Waals surface area contributed by atoms with E-state index in [1.807, 2.05) is 0 Å². The Morgan fingerprint density at radius 3 is 2.78 bits per heavy atom. The van der Waals surface area contributed by atoms with Crippen molar-refractivity contribution in [3.8, 4) is 0 Å². The van der Waals surface area contributed by atoms with Crippen molar-refractivity contribution in [2.75, 3.05) is 0 Å². The number of hydrogen-bond acceptors (Lipinski definition) is 2. The van der Waals surface area contributed by atoms with Gasteiger partial charge in [-0.25, -0.2) is 4.21 Å². The average molecular weight is 146 g/mol. The molecule has 0 aliphatic rings. The van der Waals surface area contributed by atoms with Crippen LogP contribution in [0.4, 0.5) is 0 Å². The van der Waals surface area contributed by atoms with Gasteiger partial charge in [0.2, 0.25) is 11.1 Å². The molecule has 0 bridgehead atoms. The fourth-order valence-corrected chi connectivity index (χ4v) is 0.984. The number of aromatic nitrogens is 2. The molecule has 1 unspecified atom stereocenters. The lowest BCUT2D eigenvalue weighted by Crippen LogP contribution is -1.98. The first-order valence-corrected chi connectivity index (χ1v) is 3.41. The maximum atomic E-state index is 10.3. The molecule has 0 aliphatic carbocycles. The van der Waals surface area contributed by atoms with Gasteiger partial charge in [0, 0.05) is 7.05 Å². The summed E-state index contributed by atoms with van der Waals surface area (Å²) in [4.78, 5) is 0. The molecule has 1 N–H and O–H groups in total. The molecule has 0 aromatic carbocycles. The minimum absolute atomic E-state index is 0.315. The molecule has 1 aromatic heterocycles. The van der Waals surface area contributed by atoms with Crippen LogP contribution in [0, 0.1) is 0 Å². The second-order valence-electron chi connectivity index (χ2n) is 1.54. The third-order valence-electron chi connectivity index (χ3n) is 0.955. The van der Waals surface area contributed by atoms with Gasteiger partial charge < -0.3 is 4.55 Å². The molecular weight excluding hydrogens is 140 g/mol. The normalized spacial score (nSPS) is 13.6. The molecule has 0 aliphatic heterocycles. The van der Waals surface area contributed by atoms with Gasteiger partial charge in [0.15, 0.2) is 5.03 Å². The number of hydrogen-bond donors (Lipinski definition) is 1. The molecule has 1 aromatic rings. The first kappa shape index (κ1) is 6.44. The molecule has 1 atom stereocenters. The third-order valence-corrected chi connectivity index (χ3v) is 1.71. The summed E-state index contributed by atoms with van der Waals surface area (Å²) in [6.07, 6.45) is 1.48. The molecule has 1 rings (SSSR count). The second kappa shape index (κ2) is 2.28. The fraction of sp³-hybridized carbons (Fsp3) is 0.250. The van der Waals surface area contributed by atoms with E-state index >= 15 is 0 Å². The predicted octanol–water partition coefficient (Wildman–Crippen LogP) is 0.000700. The van der Waals surface area contributed by atoms with Crippen molar-refractivity contribution >= 4 is 11.1 Å². The zero-order valence-electron chi connectivity index (χ0n) is 4.81. The zero-order valence-corrected chi connectivity index (χ0v) is 5.63. The van der Waals surface area contributed by atoms with E-state index in [-0.39, 0.29) is 0 Å². The summed E-state index contributed by atoms with van der Waals surface area (Å²) in [5.41, 5.74) is 0. The van der Waals surface area contributed by atoms with Crippen LogP contribution in [0.25, 0.3) is 0 Å². The third kappa shape index (κ3) is 1.17. The molecule has 0 saturated heterocycles. The van der Waals surface area contributed by atoms with Crippen molar-refractivity contribution in [1.29, 1.82) is 0 Å². The largest absolute Gasteiger partial charge is 0.301 e. The smallest absolute Gasteiger partial charge is 0.205 e. The van der Waals surface area contributed by atoms with E-state index in [4.69, 9.17) is 4.55 Å². The van der Waals surface area contributed by atoms with Crippen LogP contribution >= 0.6 is 0 Å². The summed E-state index contributed by atoms with van der Waals surface area (Å²) in [6, 6.07) is 1.50. The van der Waals surface area contributed by atoms with Crippen molar-refractivity contribution in [3.63, 3.8) is 0 Å². The molecule has 0 amide bonds. The van der Waals surface area contributed by atoms with E-state index < -0.39 is 11.1 Å². The molecular formula is C4H6N2O2S. The Kier molecular flexibility index (Phi) is 1.63. The van der Waals surface area contributed by atoms with E-state index in [1.54, 1.807) is 7.05 Å². The summed E-state index contributed by atoms with van der Waals surface area (Å²) in [5.74, 6) is 0. The Labute approximate surface area is 54.8 Å². The van der Waals surface area contributed by atoms with Gasteiger partial charge in [0.05, 0.1) is 6.20 Å². The van der Waals surface area contributed by atoms with Crippen LogP contribution in [0.5, 0.6) is 0 Å². The zero-order chi connectivity index (χ0) is 6.85. The van der Waals surface area contributed by atoms with Crippen LogP contribution in [-0.4, -0.2) is 18.5 Å². The van der Waals surface area contributed by atoms with Gasteiger partial charge in [-0.1, -0.05) is 0 Å². The second-order valence-corrected chi connectivity index (χ2v) is 2.46. The molecule has 0 saturated carbocycles. The van der Waals surface area contributed by atoms with Crippen molar-refractivity contribution in [2.24, 2.45) is 7.05 Å². The van der Waals surface area contributed by atoms with E-state index in [2.05, 4.69) is 5.10 Å². The molecule has 9 heavy (non-hydrogen) atoms. The maximum Gasteiger partial charge on any atom is 0.205 e. The van der Waals surface area contributed by atoms with Crippen LogP contribution in [0.1, 0.15) is 0 Å². The Morgan fingerprint density at radius 1 is 1.89 bits per heavy atom. The maximum absolute atomic E-state index is 10.3. The summed E-state index contributed by atoms with van der Waals surface area (Å²) < 4.78 is 20.2. The van der Waals surface area contributed by atoms with Crippen molar-refractivity contribution < 1.29 is 8.76 Å². The lowest BCUT2D eigenvalue weighted by Gasteiger charge is -1.91. The minimum atomic E-state index is -1.91. The Balaban J connectivity index is 3.08. The van der Waals surface area contributed by atoms with Crippen LogP contribution < -0.4 is 0 Å². The van der Waals surface area contributed by atoms with Gasteiger partial charge in [0.25, 0.3) is 0 Å². The molecule has 4 nitrogen and oxygen atoms in total. The molecule has 50 valence electrons. The van der Waals surface area contributed by atoms with E-state index in [1.165, 1.54) is 16.9 Å². The van der Waals surface area contributed by atoms with Crippen LogP contribution in [-0.2, 0) is 18.1 Å². The lowest BCUT2D eigenvalue weighted by atomic mass is 10.7. The fourth-order valence-electron chi connectivity index (χ4n) is 0.533. The van der Waals surface area contributed by atoms with Gasteiger partial charge in [-0.15, -0.1) is 0 Å². The summed E-state index contributed by atoms with van der Waals surface area (Å²) >= 11 is -1.91. The highest BCUT2D eigenvalue weighted by Crippen LogP contribution is 1.99. The number of nitrogens with zero attached hydrogens (tertiary/aromatic N) is 2. The van der Waals surface area contributed by atoms with Crippen molar-refractivity contribution in [3.05, 3.63) is 12.3 Å². The van der Waals surface area contributed by atoms with E-state index in [0.717, 1.165) is 0 Å². The van der Waals surface area contributed by atoms with E-state index in [9.17, 15) is 4.21 Å². The van der Waals surface area contributed by atoms with Crippen LogP contribution in [0.15, 0.2) is 17.3 Å². The van der Waals surface area contributed by atoms with Crippen LogP contribution in [0.2, 0.25) is 0 Å². The van der Waals surface area contributed by atoms with Crippen molar-refractivity contribution in [2.45, 2.75) is 5.03 Å². The Bertz CT molecular complexity index is 232. The monoisotopic (exact) mass is 146 g/mol. The quantitative estimate of drug-likeness (QED) is 0.567. The highest BCUT2D eigenvalue weighted by atomic mass is 32.2. The highest BCUT2D eigenvalue weighted by Gasteiger charge is 2.01. The summed E-state index contributed by atoms with van der Waals surface area (Å²) in [6.45, 7) is 0.